The predicted octanol–water partition coefficient (Wildman–Crippen LogP) is 4.79. The number of thiophene rings is 1. The Morgan fingerprint density at radius 3 is 2.46 bits per heavy atom. The minimum atomic E-state index is -0.0984. The van der Waals surface area contributed by atoms with Crippen molar-refractivity contribution in [3.8, 4) is 11.4 Å². The van der Waals surface area contributed by atoms with E-state index < -0.39 is 0 Å². The average Bonchev–Trinajstić information content (AvgIpc) is 3.62. The highest BCUT2D eigenvalue weighted by atomic mass is 32.1. The second-order valence-corrected chi connectivity index (χ2v) is 9.58. The number of hydrogen-bond donors (Lipinski definition) is 1. The predicted molar refractivity (Wildman–Crippen MR) is 134 cm³/mol. The number of benzene rings is 2. The smallest absolute Gasteiger partial charge is 0.253 e. The van der Waals surface area contributed by atoms with Gasteiger partial charge in [-0.1, -0.05) is 41.6 Å². The van der Waals surface area contributed by atoms with Gasteiger partial charge in [0.2, 0.25) is 11.7 Å². The molecule has 2 aromatic carbocycles. The Bertz CT molecular complexity index is 1260. The van der Waals surface area contributed by atoms with Crippen molar-refractivity contribution in [2.24, 2.45) is 0 Å². The lowest BCUT2D eigenvalue weighted by molar-refractivity contribution is 0.0704. The molecule has 2 aromatic heterocycles. The van der Waals surface area contributed by atoms with Crippen LogP contribution in [0.4, 0.5) is 0 Å². The van der Waals surface area contributed by atoms with Crippen LogP contribution >= 0.6 is 11.3 Å². The van der Waals surface area contributed by atoms with E-state index in [0.717, 1.165) is 24.8 Å². The van der Waals surface area contributed by atoms with Crippen LogP contribution in [0.5, 0.6) is 0 Å². The maximum absolute atomic E-state index is 12.7. The monoisotopic (exact) mass is 486 g/mol. The highest BCUT2D eigenvalue weighted by Crippen LogP contribution is 2.29. The van der Waals surface area contributed by atoms with Crippen LogP contribution in [0.25, 0.3) is 11.4 Å². The molecule has 35 heavy (non-hydrogen) atoms. The molecule has 1 fully saturated rings. The van der Waals surface area contributed by atoms with Crippen LogP contribution in [0.2, 0.25) is 0 Å². The van der Waals surface area contributed by atoms with Gasteiger partial charge in [-0.05, 0) is 55.0 Å². The quantitative estimate of drug-likeness (QED) is 0.406. The molecule has 5 rings (SSSR count). The molecule has 7 nitrogen and oxygen atoms in total. The maximum atomic E-state index is 12.7. The van der Waals surface area contributed by atoms with Crippen LogP contribution in [0, 0.1) is 0 Å². The number of hydrogen-bond acceptors (Lipinski definition) is 6. The van der Waals surface area contributed by atoms with Gasteiger partial charge in [0, 0.05) is 47.1 Å². The van der Waals surface area contributed by atoms with Gasteiger partial charge < -0.3 is 14.7 Å². The lowest BCUT2D eigenvalue weighted by atomic mass is 9.96. The van der Waals surface area contributed by atoms with Crippen LogP contribution < -0.4 is 5.32 Å². The first-order valence-electron chi connectivity index (χ1n) is 11.8. The average molecular weight is 487 g/mol. The van der Waals surface area contributed by atoms with Gasteiger partial charge >= 0.3 is 0 Å². The fourth-order valence-electron chi connectivity index (χ4n) is 4.24. The van der Waals surface area contributed by atoms with Crippen molar-refractivity contribution in [1.29, 1.82) is 0 Å². The second-order valence-electron chi connectivity index (χ2n) is 8.55. The summed E-state index contributed by atoms with van der Waals surface area (Å²) in [6.07, 6.45) is 2.39. The molecule has 0 saturated carbocycles. The first kappa shape index (κ1) is 23.0. The summed E-state index contributed by atoms with van der Waals surface area (Å²) in [5.74, 6) is 1.20. The van der Waals surface area contributed by atoms with Crippen molar-refractivity contribution in [2.45, 2.75) is 25.2 Å². The number of piperidine rings is 1. The number of nitrogens with zero attached hydrogens (tertiary/aromatic N) is 3. The number of likely N-dealkylation sites (tertiary alicyclic amines) is 1. The van der Waals surface area contributed by atoms with Crippen LogP contribution in [0.15, 0.2) is 76.6 Å². The summed E-state index contributed by atoms with van der Waals surface area (Å²) >= 11 is 1.69. The molecule has 8 heteroatoms. The van der Waals surface area contributed by atoms with Crippen molar-refractivity contribution in [3.05, 3.63) is 94.0 Å². The normalized spacial score (nSPS) is 14.1. The van der Waals surface area contributed by atoms with Gasteiger partial charge in [0.25, 0.3) is 11.8 Å². The Kier molecular flexibility index (Phi) is 6.99. The molecule has 178 valence electrons. The van der Waals surface area contributed by atoms with Crippen LogP contribution in [0.3, 0.4) is 0 Å². The van der Waals surface area contributed by atoms with E-state index in [1.54, 1.807) is 23.5 Å². The number of amides is 2. The van der Waals surface area contributed by atoms with Crippen molar-refractivity contribution in [1.82, 2.24) is 20.4 Å². The molecule has 4 aromatic rings. The first-order valence-corrected chi connectivity index (χ1v) is 12.6. The first-order chi connectivity index (χ1) is 17.2. The van der Waals surface area contributed by atoms with Crippen molar-refractivity contribution >= 4 is 23.2 Å². The van der Waals surface area contributed by atoms with E-state index in [2.05, 4.69) is 21.5 Å². The molecule has 3 heterocycles. The highest BCUT2D eigenvalue weighted by molar-refractivity contribution is 7.09. The zero-order valence-electron chi connectivity index (χ0n) is 19.2. The minimum Gasteiger partial charge on any atom is -0.352 e. The number of aromatic nitrogens is 2. The molecule has 1 saturated heterocycles. The zero-order chi connectivity index (χ0) is 24.0. The third-order valence-electron chi connectivity index (χ3n) is 6.24. The van der Waals surface area contributed by atoms with Crippen LogP contribution in [0.1, 0.15) is 50.2 Å². The number of carbonyl (C=O) groups is 2. The maximum Gasteiger partial charge on any atom is 0.253 e. The molecule has 0 unspecified atom stereocenters. The Morgan fingerprint density at radius 2 is 1.74 bits per heavy atom. The molecule has 1 aliphatic heterocycles. The van der Waals surface area contributed by atoms with Gasteiger partial charge in [0.15, 0.2) is 0 Å². The van der Waals surface area contributed by atoms with Crippen LogP contribution in [-0.4, -0.2) is 46.5 Å². The summed E-state index contributed by atoms with van der Waals surface area (Å²) in [6, 6.07) is 20.7. The molecule has 1 aliphatic rings. The van der Waals surface area contributed by atoms with Gasteiger partial charge in [-0.2, -0.15) is 4.98 Å². The zero-order valence-corrected chi connectivity index (χ0v) is 20.0. The SMILES string of the molecule is O=C(NCCc1cccs1)c1ccc(-c2noc(C3CCN(C(=O)c4ccccc4)CC3)n2)cc1. The molecular weight excluding hydrogens is 460 g/mol. The Hall–Kier alpha value is -3.78. The third-order valence-corrected chi connectivity index (χ3v) is 7.17. The van der Waals surface area contributed by atoms with Gasteiger partial charge in [-0.3, -0.25) is 9.59 Å². The molecular formula is C27H26N4O3S. The summed E-state index contributed by atoms with van der Waals surface area (Å²) in [5.41, 5.74) is 2.11. The van der Waals surface area contributed by atoms with Gasteiger partial charge in [0.05, 0.1) is 0 Å². The number of carbonyl (C=O) groups excluding carboxylic acids is 2. The fraction of sp³-hybridized carbons (Fsp3) is 0.259. The Labute approximate surface area is 207 Å². The lowest BCUT2D eigenvalue weighted by Crippen LogP contribution is -2.37. The molecule has 1 N–H and O–H groups in total. The largest absolute Gasteiger partial charge is 0.352 e. The van der Waals surface area contributed by atoms with E-state index in [1.165, 1.54) is 4.88 Å². The summed E-state index contributed by atoms with van der Waals surface area (Å²) in [4.78, 5) is 32.8. The number of nitrogens with one attached hydrogen (secondary N) is 1. The lowest BCUT2D eigenvalue weighted by Gasteiger charge is -2.30. The van der Waals surface area contributed by atoms with E-state index in [4.69, 9.17) is 4.52 Å². The minimum absolute atomic E-state index is 0.0610. The van der Waals surface area contributed by atoms with Gasteiger partial charge in [0.1, 0.15) is 0 Å². The molecule has 0 atom stereocenters. The second kappa shape index (κ2) is 10.7. The standard InChI is InChI=1S/C27H26N4O3S/c32-25(28-15-12-23-7-4-18-35-23)20-10-8-19(9-11-20)24-29-26(34-30-24)21-13-16-31(17-14-21)27(33)22-5-2-1-3-6-22/h1-11,18,21H,12-17H2,(H,28,32). The molecule has 0 bridgehead atoms. The van der Waals surface area contributed by atoms with E-state index in [-0.39, 0.29) is 17.7 Å². The highest BCUT2D eigenvalue weighted by Gasteiger charge is 2.28. The van der Waals surface area contributed by atoms with Gasteiger partial charge in [-0.15, -0.1) is 11.3 Å². The molecule has 0 radical (unpaired) electrons. The topological polar surface area (TPSA) is 88.3 Å². The van der Waals surface area contributed by atoms with E-state index >= 15 is 0 Å². The van der Waals surface area contributed by atoms with Crippen molar-refractivity contribution in [2.75, 3.05) is 19.6 Å². The summed E-state index contributed by atoms with van der Waals surface area (Å²) in [5, 5.41) is 9.14. The summed E-state index contributed by atoms with van der Waals surface area (Å²) in [7, 11) is 0. The van der Waals surface area contributed by atoms with Crippen molar-refractivity contribution < 1.29 is 14.1 Å². The van der Waals surface area contributed by atoms with E-state index in [0.29, 0.717) is 42.5 Å². The Balaban J connectivity index is 1.14. The molecule has 2 amide bonds. The Morgan fingerprint density at radius 1 is 0.971 bits per heavy atom. The van der Waals surface area contributed by atoms with Crippen LogP contribution in [-0.2, 0) is 6.42 Å². The third kappa shape index (κ3) is 5.49. The van der Waals surface area contributed by atoms with Crippen molar-refractivity contribution in [3.63, 3.8) is 0 Å². The van der Waals surface area contributed by atoms with E-state index in [9.17, 15) is 9.59 Å². The fourth-order valence-corrected chi connectivity index (χ4v) is 4.95. The number of rotatable bonds is 7. The summed E-state index contributed by atoms with van der Waals surface area (Å²) in [6.45, 7) is 1.92. The van der Waals surface area contributed by atoms with E-state index in [1.807, 2.05) is 58.8 Å². The van der Waals surface area contributed by atoms with Gasteiger partial charge in [-0.25, -0.2) is 0 Å². The molecule has 0 spiro atoms. The molecule has 0 aliphatic carbocycles. The summed E-state index contributed by atoms with van der Waals surface area (Å²) < 4.78 is 5.56.